The molecule has 0 fully saturated rings. The minimum atomic E-state index is -4.53. The summed E-state index contributed by atoms with van der Waals surface area (Å²) in [6, 6.07) is 9.47. The monoisotopic (exact) mass is 608 g/mol. The number of aromatic nitrogens is 5. The number of esters is 1. The maximum atomic E-state index is 13.9. The van der Waals surface area contributed by atoms with Gasteiger partial charge in [0.25, 0.3) is 0 Å². The van der Waals surface area contributed by atoms with Crippen LogP contribution in [0.2, 0.25) is 0 Å². The van der Waals surface area contributed by atoms with E-state index in [1.54, 1.807) is 30.2 Å². The highest BCUT2D eigenvalue weighted by Crippen LogP contribution is 2.49. The minimum Gasteiger partial charge on any atom is -0.462 e. The minimum absolute atomic E-state index is 0.0845. The summed E-state index contributed by atoms with van der Waals surface area (Å²) in [6.45, 7) is 5.79. The SMILES string of the molecule is CCOC(=O)c1cnn2c1N(Cc1cn(-c3ccc(F)cc3)nn1)C1=C(C(=O)CC(C)(C)C1)C2c1ccc(C(F)(F)F)cc1. The van der Waals surface area contributed by atoms with Crippen LogP contribution in [0.3, 0.4) is 0 Å². The summed E-state index contributed by atoms with van der Waals surface area (Å²) in [5.41, 5.74) is 1.35. The van der Waals surface area contributed by atoms with Crippen molar-refractivity contribution in [2.24, 2.45) is 5.41 Å². The quantitative estimate of drug-likeness (QED) is 0.194. The van der Waals surface area contributed by atoms with Crippen molar-refractivity contribution in [1.29, 1.82) is 0 Å². The largest absolute Gasteiger partial charge is 0.462 e. The Balaban J connectivity index is 1.51. The molecule has 0 bridgehead atoms. The average Bonchev–Trinajstić information content (AvgIpc) is 3.61. The van der Waals surface area contributed by atoms with Gasteiger partial charge in [-0.15, -0.1) is 5.10 Å². The van der Waals surface area contributed by atoms with Gasteiger partial charge in [-0.25, -0.2) is 18.5 Å². The molecule has 0 spiro atoms. The molecule has 0 saturated carbocycles. The Labute approximate surface area is 249 Å². The predicted octanol–water partition coefficient (Wildman–Crippen LogP) is 6.05. The number of halogens is 4. The van der Waals surface area contributed by atoms with Gasteiger partial charge < -0.3 is 9.64 Å². The van der Waals surface area contributed by atoms with Crippen molar-refractivity contribution in [2.75, 3.05) is 11.5 Å². The molecule has 44 heavy (non-hydrogen) atoms. The molecule has 2 aromatic heterocycles. The topological polar surface area (TPSA) is 95.1 Å². The van der Waals surface area contributed by atoms with Crippen molar-refractivity contribution in [2.45, 2.75) is 52.4 Å². The third-order valence-corrected chi connectivity index (χ3v) is 7.77. The number of alkyl halides is 3. The molecule has 1 unspecified atom stereocenters. The van der Waals surface area contributed by atoms with Crippen LogP contribution in [0.1, 0.15) is 66.8 Å². The molecule has 13 heteroatoms. The van der Waals surface area contributed by atoms with E-state index in [1.807, 2.05) is 13.8 Å². The van der Waals surface area contributed by atoms with Crippen LogP contribution < -0.4 is 4.90 Å². The van der Waals surface area contributed by atoms with E-state index in [1.165, 1.54) is 39.8 Å². The van der Waals surface area contributed by atoms with Crippen LogP contribution in [0.15, 0.2) is 72.2 Å². The van der Waals surface area contributed by atoms with E-state index in [0.29, 0.717) is 40.5 Å². The van der Waals surface area contributed by atoms with Gasteiger partial charge in [0.2, 0.25) is 0 Å². The molecule has 3 heterocycles. The first-order valence-electron chi connectivity index (χ1n) is 14.0. The lowest BCUT2D eigenvalue weighted by atomic mass is 9.72. The zero-order valence-electron chi connectivity index (χ0n) is 24.1. The number of allylic oxidation sites excluding steroid dienone is 2. The number of fused-ring (bicyclic) bond motifs is 1. The van der Waals surface area contributed by atoms with Crippen molar-refractivity contribution < 1.29 is 31.9 Å². The maximum Gasteiger partial charge on any atom is 0.416 e. The van der Waals surface area contributed by atoms with Gasteiger partial charge >= 0.3 is 12.1 Å². The highest BCUT2D eigenvalue weighted by atomic mass is 19.4. The standard InChI is InChI=1S/C31H28F4N6O3/c1-4-44-29(43)23-15-36-41-27(18-5-7-19(8-6-18)31(33,34)35)26-24(13-30(2,3)14-25(26)42)39(28(23)41)16-21-17-40(38-37-21)22-11-9-20(32)10-12-22/h5-12,15,17,27H,4,13-14,16H2,1-3H3. The van der Waals surface area contributed by atoms with Crippen LogP contribution >= 0.6 is 0 Å². The molecular formula is C31H28F4N6O3. The number of carbonyl (C=O) groups excluding carboxylic acids is 2. The van der Waals surface area contributed by atoms with Crippen molar-refractivity contribution in [3.05, 3.63) is 100 Å². The van der Waals surface area contributed by atoms with Gasteiger partial charge in [-0.2, -0.15) is 18.3 Å². The van der Waals surface area contributed by atoms with E-state index in [0.717, 1.165) is 12.1 Å². The second-order valence-corrected chi connectivity index (χ2v) is 11.6. The van der Waals surface area contributed by atoms with E-state index >= 15 is 0 Å². The Hall–Kier alpha value is -4.81. The molecule has 2 aliphatic rings. The summed E-state index contributed by atoms with van der Waals surface area (Å²) in [4.78, 5) is 28.8. The lowest BCUT2D eigenvalue weighted by Crippen LogP contribution is -2.42. The van der Waals surface area contributed by atoms with E-state index in [9.17, 15) is 27.2 Å². The van der Waals surface area contributed by atoms with Crippen LogP contribution in [-0.2, 0) is 22.3 Å². The highest BCUT2D eigenvalue weighted by molar-refractivity contribution is 6.02. The van der Waals surface area contributed by atoms with E-state index in [4.69, 9.17) is 4.74 Å². The molecular weight excluding hydrogens is 580 g/mol. The van der Waals surface area contributed by atoms with Gasteiger partial charge in [-0.05, 0) is 60.7 Å². The van der Waals surface area contributed by atoms with Crippen LogP contribution in [-0.4, -0.2) is 43.1 Å². The van der Waals surface area contributed by atoms with Crippen molar-refractivity contribution >= 4 is 17.6 Å². The third-order valence-electron chi connectivity index (χ3n) is 7.77. The number of rotatable bonds is 6. The van der Waals surface area contributed by atoms with E-state index in [-0.39, 0.29) is 30.9 Å². The molecule has 1 aliphatic heterocycles. The van der Waals surface area contributed by atoms with E-state index in [2.05, 4.69) is 15.4 Å². The number of nitrogens with zero attached hydrogens (tertiary/aromatic N) is 6. The van der Waals surface area contributed by atoms with Crippen molar-refractivity contribution in [1.82, 2.24) is 24.8 Å². The Morgan fingerprint density at radius 3 is 2.43 bits per heavy atom. The first kappa shape index (κ1) is 29.3. The van der Waals surface area contributed by atoms with Crippen molar-refractivity contribution in [3.8, 4) is 5.69 Å². The predicted molar refractivity (Wildman–Crippen MR) is 150 cm³/mol. The molecule has 0 amide bonds. The lowest BCUT2D eigenvalue weighted by Gasteiger charge is -2.44. The fraction of sp³-hybridized carbons (Fsp3) is 0.323. The summed E-state index contributed by atoms with van der Waals surface area (Å²) in [7, 11) is 0. The molecule has 0 N–H and O–H groups in total. The first-order valence-corrected chi connectivity index (χ1v) is 14.0. The van der Waals surface area contributed by atoms with Crippen molar-refractivity contribution in [3.63, 3.8) is 0 Å². The Kier molecular flexibility index (Phi) is 7.13. The number of anilines is 1. The summed E-state index contributed by atoms with van der Waals surface area (Å²) in [6.07, 6.45) is -0.864. The third kappa shape index (κ3) is 5.26. The smallest absolute Gasteiger partial charge is 0.416 e. The fourth-order valence-electron chi connectivity index (χ4n) is 5.86. The number of ether oxygens (including phenoxy) is 1. The fourth-order valence-corrected chi connectivity index (χ4v) is 5.86. The van der Waals surface area contributed by atoms with Gasteiger partial charge in [-0.1, -0.05) is 31.2 Å². The number of hydrogen-bond donors (Lipinski definition) is 0. The second-order valence-electron chi connectivity index (χ2n) is 11.6. The van der Waals surface area contributed by atoms with Gasteiger partial charge in [0.15, 0.2) is 5.78 Å². The molecule has 6 rings (SSSR count). The molecule has 0 saturated heterocycles. The summed E-state index contributed by atoms with van der Waals surface area (Å²) in [5, 5.41) is 13.0. The van der Waals surface area contributed by atoms with Gasteiger partial charge in [0.1, 0.15) is 28.9 Å². The number of benzene rings is 2. The van der Waals surface area contributed by atoms with E-state index < -0.39 is 35.0 Å². The number of ketones is 1. The number of Topliss-reactive ketones (excluding diaryl/α,β-unsaturated/α-hetero) is 1. The first-order chi connectivity index (χ1) is 20.9. The second kappa shape index (κ2) is 10.7. The Morgan fingerprint density at radius 1 is 1.07 bits per heavy atom. The lowest BCUT2D eigenvalue weighted by molar-refractivity contribution is -0.137. The van der Waals surface area contributed by atoms with Gasteiger partial charge in [-0.3, -0.25) is 4.79 Å². The molecule has 0 radical (unpaired) electrons. The average molecular weight is 609 g/mol. The van der Waals surface area contributed by atoms with Crippen LogP contribution in [0, 0.1) is 11.2 Å². The summed E-state index contributed by atoms with van der Waals surface area (Å²) >= 11 is 0. The molecule has 4 aromatic rings. The van der Waals surface area contributed by atoms with Crippen LogP contribution in [0.5, 0.6) is 0 Å². The number of carbonyl (C=O) groups is 2. The normalized spacial score (nSPS) is 17.8. The summed E-state index contributed by atoms with van der Waals surface area (Å²) in [5.74, 6) is -0.868. The highest BCUT2D eigenvalue weighted by Gasteiger charge is 2.46. The van der Waals surface area contributed by atoms with Gasteiger partial charge in [0, 0.05) is 17.7 Å². The molecule has 1 aliphatic carbocycles. The summed E-state index contributed by atoms with van der Waals surface area (Å²) < 4.78 is 62.0. The molecule has 2 aromatic carbocycles. The van der Waals surface area contributed by atoms with Crippen LogP contribution in [0.25, 0.3) is 5.69 Å². The molecule has 9 nitrogen and oxygen atoms in total. The zero-order chi connectivity index (χ0) is 31.4. The molecule has 228 valence electrons. The Morgan fingerprint density at radius 2 is 1.77 bits per heavy atom. The zero-order valence-corrected chi connectivity index (χ0v) is 24.1. The maximum absolute atomic E-state index is 13.9. The Bertz CT molecular complexity index is 1770. The van der Waals surface area contributed by atoms with Crippen LogP contribution in [0.4, 0.5) is 23.4 Å². The molecule has 1 atom stereocenters. The van der Waals surface area contributed by atoms with Gasteiger partial charge in [0.05, 0.1) is 36.8 Å². The number of hydrogen-bond acceptors (Lipinski definition) is 7.